The summed E-state index contributed by atoms with van der Waals surface area (Å²) in [6.45, 7) is 4.47. The molecule has 102 valence electrons. The number of aliphatic hydroxyl groups is 1. The van der Waals surface area contributed by atoms with Crippen LogP contribution in [0.4, 0.5) is 4.39 Å². The average molecular weight is 255 g/mol. The first-order valence-corrected chi connectivity index (χ1v) is 6.20. The van der Waals surface area contributed by atoms with E-state index in [9.17, 15) is 9.50 Å². The number of methoxy groups -OCH3 is 1. The van der Waals surface area contributed by atoms with Gasteiger partial charge < -0.3 is 15.6 Å². The summed E-state index contributed by atoms with van der Waals surface area (Å²) < 4.78 is 18.4. The third-order valence-electron chi connectivity index (χ3n) is 3.28. The van der Waals surface area contributed by atoms with E-state index < -0.39 is 11.9 Å². The largest absolute Gasteiger partial charge is 0.494 e. The molecule has 0 saturated carbocycles. The van der Waals surface area contributed by atoms with Crippen LogP contribution < -0.4 is 10.5 Å². The highest BCUT2D eigenvalue weighted by Gasteiger charge is 2.21. The first-order chi connectivity index (χ1) is 8.49. The van der Waals surface area contributed by atoms with Gasteiger partial charge in [-0.1, -0.05) is 19.9 Å². The molecule has 0 aliphatic rings. The molecule has 3 N–H and O–H groups in total. The van der Waals surface area contributed by atoms with E-state index >= 15 is 0 Å². The fourth-order valence-corrected chi connectivity index (χ4v) is 2.10. The number of hydrogen-bond acceptors (Lipinski definition) is 3. The molecule has 0 saturated heterocycles. The maximum Gasteiger partial charge on any atom is 0.165 e. The van der Waals surface area contributed by atoms with Crippen LogP contribution in [0.5, 0.6) is 5.75 Å². The normalized spacial score (nSPS) is 14.6. The molecule has 0 heterocycles. The van der Waals surface area contributed by atoms with Crippen molar-refractivity contribution in [2.45, 2.75) is 26.4 Å². The second-order valence-electron chi connectivity index (χ2n) is 4.88. The Morgan fingerprint density at radius 1 is 1.39 bits per heavy atom. The molecule has 1 rings (SSSR count). The van der Waals surface area contributed by atoms with E-state index in [2.05, 4.69) is 0 Å². The van der Waals surface area contributed by atoms with Crippen LogP contribution in [-0.4, -0.2) is 24.9 Å². The number of nitrogens with two attached hydrogens (primary N) is 1. The van der Waals surface area contributed by atoms with E-state index in [1.165, 1.54) is 13.2 Å². The molecule has 0 aliphatic heterocycles. The summed E-state index contributed by atoms with van der Waals surface area (Å²) in [6.07, 6.45) is -0.149. The summed E-state index contributed by atoms with van der Waals surface area (Å²) in [6, 6.07) is 4.74. The Bertz CT molecular complexity index is 382. The lowest BCUT2D eigenvalue weighted by atomic mass is 9.87. The van der Waals surface area contributed by atoms with Crippen LogP contribution in [0.25, 0.3) is 0 Å². The highest BCUT2D eigenvalue weighted by atomic mass is 19.1. The molecule has 2 unspecified atom stereocenters. The molecule has 4 heteroatoms. The van der Waals surface area contributed by atoms with E-state index in [0.717, 1.165) is 5.56 Å². The number of rotatable bonds is 6. The van der Waals surface area contributed by atoms with Crippen molar-refractivity contribution < 1.29 is 14.2 Å². The molecular formula is C14H22FNO2. The first-order valence-electron chi connectivity index (χ1n) is 6.20. The number of ether oxygens (including phenoxy) is 1. The van der Waals surface area contributed by atoms with Crippen molar-refractivity contribution in [2.24, 2.45) is 17.6 Å². The maximum absolute atomic E-state index is 13.5. The predicted molar refractivity (Wildman–Crippen MR) is 70.0 cm³/mol. The van der Waals surface area contributed by atoms with E-state index in [1.807, 2.05) is 13.8 Å². The van der Waals surface area contributed by atoms with Crippen LogP contribution in [0.3, 0.4) is 0 Å². The van der Waals surface area contributed by atoms with Gasteiger partial charge in [0.1, 0.15) is 0 Å². The number of hydrogen-bond donors (Lipinski definition) is 2. The van der Waals surface area contributed by atoms with Gasteiger partial charge in [0.2, 0.25) is 0 Å². The molecule has 0 aliphatic carbocycles. The van der Waals surface area contributed by atoms with Crippen LogP contribution >= 0.6 is 0 Å². The van der Waals surface area contributed by atoms with Crippen molar-refractivity contribution >= 4 is 0 Å². The smallest absolute Gasteiger partial charge is 0.165 e. The molecule has 0 fully saturated rings. The Hall–Kier alpha value is -1.13. The number of benzene rings is 1. The molecule has 0 spiro atoms. The minimum Gasteiger partial charge on any atom is -0.494 e. The van der Waals surface area contributed by atoms with Crippen molar-refractivity contribution in [3.8, 4) is 5.75 Å². The van der Waals surface area contributed by atoms with E-state index in [0.29, 0.717) is 18.9 Å². The van der Waals surface area contributed by atoms with Gasteiger partial charge in [-0.05, 0) is 42.5 Å². The Balaban J connectivity index is 2.75. The Kier molecular flexibility index (Phi) is 5.56. The second kappa shape index (κ2) is 6.71. The molecule has 18 heavy (non-hydrogen) atoms. The van der Waals surface area contributed by atoms with Gasteiger partial charge in [-0.2, -0.15) is 0 Å². The summed E-state index contributed by atoms with van der Waals surface area (Å²) in [5.41, 5.74) is 6.40. The third kappa shape index (κ3) is 3.68. The standard InChI is InChI=1S/C14H22FNO2/c1-9(2)11(8-16)13(17)7-10-4-5-14(18-3)12(15)6-10/h4-6,9,11,13,17H,7-8,16H2,1-3H3. The van der Waals surface area contributed by atoms with Gasteiger partial charge in [-0.15, -0.1) is 0 Å². The van der Waals surface area contributed by atoms with Crippen LogP contribution in [0.1, 0.15) is 19.4 Å². The van der Waals surface area contributed by atoms with Crippen molar-refractivity contribution in [1.82, 2.24) is 0 Å². The monoisotopic (exact) mass is 255 g/mol. The Morgan fingerprint density at radius 2 is 2.06 bits per heavy atom. The molecule has 0 aromatic heterocycles. The fraction of sp³-hybridized carbons (Fsp3) is 0.571. The first kappa shape index (κ1) is 14.9. The third-order valence-corrected chi connectivity index (χ3v) is 3.28. The van der Waals surface area contributed by atoms with Crippen LogP contribution in [0, 0.1) is 17.7 Å². The molecule has 1 aromatic carbocycles. The predicted octanol–water partition coefficient (Wildman–Crippen LogP) is 1.97. The lowest BCUT2D eigenvalue weighted by Crippen LogP contribution is -2.33. The second-order valence-corrected chi connectivity index (χ2v) is 4.88. The molecular weight excluding hydrogens is 233 g/mol. The highest BCUT2D eigenvalue weighted by molar-refractivity contribution is 5.29. The van der Waals surface area contributed by atoms with E-state index in [1.54, 1.807) is 12.1 Å². The zero-order valence-electron chi connectivity index (χ0n) is 11.2. The van der Waals surface area contributed by atoms with Gasteiger partial charge >= 0.3 is 0 Å². The molecule has 0 amide bonds. The van der Waals surface area contributed by atoms with Crippen LogP contribution in [-0.2, 0) is 6.42 Å². The minimum absolute atomic E-state index is 0.0233. The summed E-state index contributed by atoms with van der Waals surface area (Å²) in [5.74, 6) is 0.131. The van der Waals surface area contributed by atoms with Crippen molar-refractivity contribution in [1.29, 1.82) is 0 Å². The lowest BCUT2D eigenvalue weighted by Gasteiger charge is -2.25. The molecule has 1 aromatic rings. The van der Waals surface area contributed by atoms with E-state index in [4.69, 9.17) is 10.5 Å². The average Bonchev–Trinajstić information content (AvgIpc) is 2.29. The topological polar surface area (TPSA) is 55.5 Å². The zero-order chi connectivity index (χ0) is 13.7. The van der Waals surface area contributed by atoms with Gasteiger partial charge in [-0.25, -0.2) is 4.39 Å². The van der Waals surface area contributed by atoms with Crippen molar-refractivity contribution in [3.63, 3.8) is 0 Å². The minimum atomic E-state index is -0.553. The number of halogens is 1. The molecule has 3 nitrogen and oxygen atoms in total. The van der Waals surface area contributed by atoms with Gasteiger partial charge in [0.25, 0.3) is 0 Å². The Labute approximate surface area is 108 Å². The maximum atomic E-state index is 13.5. The lowest BCUT2D eigenvalue weighted by molar-refractivity contribution is 0.0863. The van der Waals surface area contributed by atoms with Gasteiger partial charge in [0.15, 0.2) is 11.6 Å². The summed E-state index contributed by atoms with van der Waals surface area (Å²) >= 11 is 0. The van der Waals surface area contributed by atoms with Gasteiger partial charge in [-0.3, -0.25) is 0 Å². The SMILES string of the molecule is COc1ccc(CC(O)C(CN)C(C)C)cc1F. The fourth-order valence-electron chi connectivity index (χ4n) is 2.10. The van der Waals surface area contributed by atoms with Crippen molar-refractivity contribution in [3.05, 3.63) is 29.6 Å². The van der Waals surface area contributed by atoms with Gasteiger partial charge in [0.05, 0.1) is 13.2 Å². The summed E-state index contributed by atoms with van der Waals surface area (Å²) in [7, 11) is 1.43. The molecule has 0 bridgehead atoms. The zero-order valence-corrected chi connectivity index (χ0v) is 11.2. The summed E-state index contributed by atoms with van der Waals surface area (Å²) in [5, 5.41) is 10.1. The highest BCUT2D eigenvalue weighted by Crippen LogP contribution is 2.21. The number of aliphatic hydroxyl groups excluding tert-OH is 1. The van der Waals surface area contributed by atoms with E-state index in [-0.39, 0.29) is 11.7 Å². The van der Waals surface area contributed by atoms with Crippen molar-refractivity contribution in [2.75, 3.05) is 13.7 Å². The summed E-state index contributed by atoms with van der Waals surface area (Å²) in [4.78, 5) is 0. The van der Waals surface area contributed by atoms with Crippen LogP contribution in [0.2, 0.25) is 0 Å². The molecule has 0 radical (unpaired) electrons. The molecule has 2 atom stereocenters. The van der Waals surface area contributed by atoms with Crippen LogP contribution in [0.15, 0.2) is 18.2 Å². The Morgan fingerprint density at radius 3 is 2.50 bits per heavy atom. The quantitative estimate of drug-likeness (QED) is 0.817. The van der Waals surface area contributed by atoms with Gasteiger partial charge in [0, 0.05) is 0 Å².